The third kappa shape index (κ3) is 4.61. The minimum absolute atomic E-state index is 0.165. The van der Waals surface area contributed by atoms with Crippen molar-refractivity contribution in [3.63, 3.8) is 0 Å². The number of anilines is 2. The Morgan fingerprint density at radius 2 is 1.56 bits per heavy atom. The Hall–Kier alpha value is -4.20. The maximum Gasteiger partial charge on any atom is 0.252 e. The number of nitrogens with one attached hydrogen (secondary N) is 2. The van der Waals surface area contributed by atoms with Crippen LogP contribution in [-0.2, 0) is 22.6 Å². The van der Waals surface area contributed by atoms with E-state index in [0.717, 1.165) is 28.8 Å². The summed E-state index contributed by atoms with van der Waals surface area (Å²) in [6.45, 7) is 7.14. The molecule has 174 valence electrons. The number of aryl methyl sites for hydroxylation is 3. The normalized spacial score (nSPS) is 10.9. The molecule has 0 atom stereocenters. The predicted octanol–water partition coefficient (Wildman–Crippen LogP) is 3.96. The van der Waals surface area contributed by atoms with Crippen molar-refractivity contribution in [2.45, 2.75) is 40.7 Å². The van der Waals surface area contributed by atoms with Gasteiger partial charge in [-0.3, -0.25) is 19.0 Å². The number of fused-ring (bicyclic) bond motifs is 1. The molecule has 34 heavy (non-hydrogen) atoms. The molecule has 2 amide bonds. The van der Waals surface area contributed by atoms with Crippen LogP contribution in [0.25, 0.3) is 16.7 Å². The maximum absolute atomic E-state index is 13.0. The lowest BCUT2D eigenvalue weighted by Gasteiger charge is -2.13. The zero-order valence-corrected chi connectivity index (χ0v) is 19.7. The minimum atomic E-state index is -0.341. The molecular weight excluding hydrogens is 430 g/mol. The van der Waals surface area contributed by atoms with E-state index >= 15 is 0 Å². The summed E-state index contributed by atoms with van der Waals surface area (Å²) < 4.78 is 3.19. The molecule has 4 aromatic rings. The molecule has 0 fully saturated rings. The number of carbonyl (C=O) groups is 2. The number of nitrogens with zero attached hydrogens (tertiary/aromatic N) is 3. The highest BCUT2D eigenvalue weighted by molar-refractivity contribution is 5.93. The summed E-state index contributed by atoms with van der Waals surface area (Å²) in [7, 11) is 0. The highest BCUT2D eigenvalue weighted by Crippen LogP contribution is 2.24. The molecule has 0 radical (unpaired) electrons. The van der Waals surface area contributed by atoms with E-state index in [1.807, 2.05) is 38.1 Å². The molecule has 0 unspecified atom stereocenters. The van der Waals surface area contributed by atoms with Crippen LogP contribution in [0.15, 0.2) is 59.4 Å². The highest BCUT2D eigenvalue weighted by Gasteiger charge is 2.19. The first kappa shape index (κ1) is 23.0. The molecule has 8 nitrogen and oxygen atoms in total. The Morgan fingerprint density at radius 3 is 2.15 bits per heavy atom. The van der Waals surface area contributed by atoms with Crippen LogP contribution in [0.2, 0.25) is 0 Å². The fourth-order valence-electron chi connectivity index (χ4n) is 4.06. The molecule has 2 aromatic carbocycles. The average Bonchev–Trinajstić information content (AvgIpc) is 3.15. The zero-order valence-electron chi connectivity index (χ0n) is 19.7. The minimum Gasteiger partial charge on any atom is -0.326 e. The fraction of sp³-hybridized carbons (Fsp3) is 0.231. The van der Waals surface area contributed by atoms with Crippen molar-refractivity contribution in [2.75, 3.05) is 10.6 Å². The van der Waals surface area contributed by atoms with Crippen LogP contribution < -0.4 is 16.2 Å². The van der Waals surface area contributed by atoms with E-state index in [4.69, 9.17) is 5.10 Å². The number of rotatable bonds is 6. The second kappa shape index (κ2) is 9.35. The summed E-state index contributed by atoms with van der Waals surface area (Å²) in [5.41, 5.74) is 5.15. The first-order chi connectivity index (χ1) is 16.3. The van der Waals surface area contributed by atoms with E-state index in [2.05, 4.69) is 17.6 Å². The third-order valence-corrected chi connectivity index (χ3v) is 5.67. The molecule has 2 N–H and O–H groups in total. The molecule has 2 aromatic heterocycles. The Kier molecular flexibility index (Phi) is 6.32. The summed E-state index contributed by atoms with van der Waals surface area (Å²) in [5, 5.41) is 11.0. The van der Waals surface area contributed by atoms with Gasteiger partial charge >= 0.3 is 0 Å². The van der Waals surface area contributed by atoms with Gasteiger partial charge in [-0.05, 0) is 67.8 Å². The lowest BCUT2D eigenvalue weighted by Crippen LogP contribution is -2.29. The average molecular weight is 458 g/mol. The number of benzene rings is 2. The van der Waals surface area contributed by atoms with Crippen molar-refractivity contribution in [2.24, 2.45) is 0 Å². The van der Waals surface area contributed by atoms with Crippen LogP contribution in [0.5, 0.6) is 0 Å². The Labute approximate surface area is 197 Å². The van der Waals surface area contributed by atoms with Crippen LogP contribution in [0.1, 0.15) is 30.7 Å². The quantitative estimate of drug-likeness (QED) is 0.458. The lowest BCUT2D eigenvalue weighted by molar-refractivity contribution is -0.117. The van der Waals surface area contributed by atoms with Crippen molar-refractivity contribution in [3.05, 3.63) is 81.8 Å². The van der Waals surface area contributed by atoms with Gasteiger partial charge in [0.15, 0.2) is 0 Å². The fourth-order valence-corrected chi connectivity index (χ4v) is 4.06. The molecule has 8 heteroatoms. The SMILES string of the molecule is CCc1ccc(-n2nc(C)c3c(C)cc(=O)n(CC(=O)Nc4ccc(NC(C)=O)cc4)c32)cc1. The van der Waals surface area contributed by atoms with Gasteiger partial charge in [-0.25, -0.2) is 4.68 Å². The molecule has 0 aliphatic rings. The largest absolute Gasteiger partial charge is 0.326 e. The predicted molar refractivity (Wildman–Crippen MR) is 134 cm³/mol. The monoisotopic (exact) mass is 457 g/mol. The van der Waals surface area contributed by atoms with Crippen molar-refractivity contribution in [3.8, 4) is 5.69 Å². The molecule has 0 saturated heterocycles. The molecule has 0 saturated carbocycles. The van der Waals surface area contributed by atoms with Gasteiger partial charge in [0.25, 0.3) is 5.56 Å². The first-order valence-corrected chi connectivity index (χ1v) is 11.1. The van der Waals surface area contributed by atoms with Gasteiger partial charge in [-0.15, -0.1) is 0 Å². The van der Waals surface area contributed by atoms with E-state index in [0.29, 0.717) is 17.0 Å². The Bertz CT molecular complexity index is 1430. The number of aromatic nitrogens is 3. The van der Waals surface area contributed by atoms with E-state index in [9.17, 15) is 14.4 Å². The molecule has 0 aliphatic heterocycles. The van der Waals surface area contributed by atoms with Gasteiger partial charge in [0, 0.05) is 29.8 Å². The van der Waals surface area contributed by atoms with Gasteiger partial charge in [0.1, 0.15) is 12.2 Å². The van der Waals surface area contributed by atoms with E-state index < -0.39 is 0 Å². The van der Waals surface area contributed by atoms with Crippen LogP contribution in [0.3, 0.4) is 0 Å². The van der Waals surface area contributed by atoms with Crippen LogP contribution in [0.4, 0.5) is 11.4 Å². The summed E-state index contributed by atoms with van der Waals surface area (Å²) in [4.78, 5) is 37.1. The zero-order chi connectivity index (χ0) is 24.4. The molecule has 0 spiro atoms. The second-order valence-electron chi connectivity index (χ2n) is 8.27. The summed E-state index contributed by atoms with van der Waals surface area (Å²) >= 11 is 0. The first-order valence-electron chi connectivity index (χ1n) is 11.1. The van der Waals surface area contributed by atoms with E-state index in [1.165, 1.54) is 23.1 Å². The van der Waals surface area contributed by atoms with Gasteiger partial charge in [-0.1, -0.05) is 19.1 Å². The number of hydrogen-bond donors (Lipinski definition) is 2. The van der Waals surface area contributed by atoms with Crippen LogP contribution >= 0.6 is 0 Å². The number of hydrogen-bond acceptors (Lipinski definition) is 4. The van der Waals surface area contributed by atoms with E-state index in [-0.39, 0.29) is 23.9 Å². The maximum atomic E-state index is 13.0. The Morgan fingerprint density at radius 1 is 0.941 bits per heavy atom. The standard InChI is InChI=1S/C26H27N5O3/c1-5-19-6-12-22(13-7-19)31-26-25(17(3)29-31)16(2)14-24(34)30(26)15-23(33)28-21-10-8-20(9-11-21)27-18(4)32/h6-14H,5,15H2,1-4H3,(H,27,32)(H,28,33). The lowest BCUT2D eigenvalue weighted by atomic mass is 10.1. The molecule has 0 bridgehead atoms. The molecule has 0 aliphatic carbocycles. The third-order valence-electron chi connectivity index (χ3n) is 5.67. The van der Waals surface area contributed by atoms with E-state index in [1.54, 1.807) is 28.9 Å². The molecule has 4 rings (SSSR count). The van der Waals surface area contributed by atoms with Crippen molar-refractivity contribution in [1.82, 2.24) is 14.3 Å². The Balaban J connectivity index is 1.69. The molecule has 2 heterocycles. The van der Waals surface area contributed by atoms with Crippen LogP contribution in [-0.4, -0.2) is 26.2 Å². The highest BCUT2D eigenvalue weighted by atomic mass is 16.2. The van der Waals surface area contributed by atoms with Crippen molar-refractivity contribution < 1.29 is 9.59 Å². The van der Waals surface area contributed by atoms with Crippen molar-refractivity contribution >= 4 is 34.2 Å². The molecular formula is C26H27N5O3. The topological polar surface area (TPSA) is 98.0 Å². The summed E-state index contributed by atoms with van der Waals surface area (Å²) in [6, 6.07) is 16.3. The van der Waals surface area contributed by atoms with Crippen molar-refractivity contribution in [1.29, 1.82) is 0 Å². The number of amides is 2. The summed E-state index contributed by atoms with van der Waals surface area (Å²) in [5.74, 6) is -0.512. The smallest absolute Gasteiger partial charge is 0.252 e. The number of carbonyl (C=O) groups excluding carboxylic acids is 2. The number of pyridine rings is 1. The van der Waals surface area contributed by atoms with Gasteiger partial charge in [-0.2, -0.15) is 5.10 Å². The second-order valence-corrected chi connectivity index (χ2v) is 8.27. The van der Waals surface area contributed by atoms with Crippen LogP contribution in [0, 0.1) is 13.8 Å². The van der Waals surface area contributed by atoms with Gasteiger partial charge < -0.3 is 10.6 Å². The van der Waals surface area contributed by atoms with Gasteiger partial charge in [0.2, 0.25) is 11.8 Å². The van der Waals surface area contributed by atoms with Gasteiger partial charge in [0.05, 0.1) is 11.4 Å². The summed E-state index contributed by atoms with van der Waals surface area (Å²) in [6.07, 6.45) is 0.926.